The standard InChI is InChI=1S/C11H11ClFN3O2S/c12-5-15-4-10(17)16(18,6-15)11-14-8-3-7(13)1-2-9(8)19-11/h1-3,10,17H,4-6H2. The van der Waals surface area contributed by atoms with Crippen LogP contribution in [-0.2, 0) is 0 Å². The number of fused-ring (bicyclic) bond motifs is 1. The zero-order chi connectivity index (χ0) is 13.6. The molecule has 0 spiro atoms. The molecular formula is C11H11ClFN3O2S. The number of benzene rings is 1. The van der Waals surface area contributed by atoms with Gasteiger partial charge in [-0.2, -0.15) is 4.98 Å². The van der Waals surface area contributed by atoms with Crippen molar-refractivity contribution in [1.82, 2.24) is 14.5 Å². The molecule has 1 aliphatic rings. The molecule has 0 bridgehead atoms. The second kappa shape index (κ2) is 4.62. The smallest absolute Gasteiger partial charge is 0.290 e. The zero-order valence-corrected chi connectivity index (χ0v) is 11.4. The first kappa shape index (κ1) is 13.2. The van der Waals surface area contributed by atoms with Crippen LogP contribution >= 0.6 is 22.9 Å². The first-order valence-electron chi connectivity index (χ1n) is 5.65. The second-order valence-electron chi connectivity index (χ2n) is 4.50. The Morgan fingerprint density at radius 1 is 1.63 bits per heavy atom. The number of hydroxylamine groups is 2. The summed E-state index contributed by atoms with van der Waals surface area (Å²) in [5.74, 6) is -0.397. The van der Waals surface area contributed by atoms with Crippen molar-refractivity contribution in [3.05, 3.63) is 29.2 Å². The summed E-state index contributed by atoms with van der Waals surface area (Å²) in [5.41, 5.74) is 0.435. The molecule has 0 saturated carbocycles. The predicted molar refractivity (Wildman–Crippen MR) is 73.0 cm³/mol. The van der Waals surface area contributed by atoms with Crippen LogP contribution in [0.4, 0.5) is 9.52 Å². The third-order valence-electron chi connectivity index (χ3n) is 3.14. The average Bonchev–Trinajstić information content (AvgIpc) is 2.92. The van der Waals surface area contributed by atoms with Crippen molar-refractivity contribution in [2.75, 3.05) is 19.2 Å². The van der Waals surface area contributed by atoms with E-state index in [4.69, 9.17) is 11.6 Å². The number of hydrogen-bond donors (Lipinski definition) is 1. The number of hydrogen-bond acceptors (Lipinski definition) is 5. The van der Waals surface area contributed by atoms with Crippen molar-refractivity contribution in [3.8, 4) is 0 Å². The Hall–Kier alpha value is -0.830. The lowest BCUT2D eigenvalue weighted by Crippen LogP contribution is -2.48. The Balaban J connectivity index is 2.03. The maximum Gasteiger partial charge on any atom is 0.290 e. The quantitative estimate of drug-likeness (QED) is 0.399. The average molecular weight is 304 g/mol. The molecule has 2 heterocycles. The lowest BCUT2D eigenvalue weighted by molar-refractivity contribution is 0.0848. The highest BCUT2D eigenvalue weighted by atomic mass is 35.5. The number of quaternary nitrogens is 1. The first-order chi connectivity index (χ1) is 9.03. The van der Waals surface area contributed by atoms with E-state index in [9.17, 15) is 14.7 Å². The summed E-state index contributed by atoms with van der Waals surface area (Å²) in [6, 6.07) is 4.37. The highest BCUT2D eigenvalue weighted by molar-refractivity contribution is 7.22. The van der Waals surface area contributed by atoms with E-state index < -0.39 is 16.7 Å². The van der Waals surface area contributed by atoms with Gasteiger partial charge in [-0.1, -0.05) is 11.3 Å². The van der Waals surface area contributed by atoms with E-state index in [0.717, 1.165) is 4.70 Å². The third kappa shape index (κ3) is 2.12. The summed E-state index contributed by atoms with van der Waals surface area (Å²) >= 11 is 6.86. The number of aliphatic hydroxyl groups is 1. The summed E-state index contributed by atoms with van der Waals surface area (Å²) in [5, 5.41) is 22.9. The minimum atomic E-state index is -1.12. The molecule has 8 heteroatoms. The van der Waals surface area contributed by atoms with Gasteiger partial charge in [0.25, 0.3) is 5.13 Å². The Labute approximate surface area is 117 Å². The van der Waals surface area contributed by atoms with E-state index in [-0.39, 0.29) is 24.3 Å². The molecule has 2 aromatic rings. The zero-order valence-electron chi connectivity index (χ0n) is 9.79. The number of alkyl halides is 1. The van der Waals surface area contributed by atoms with E-state index in [1.807, 2.05) is 0 Å². The molecule has 1 fully saturated rings. The summed E-state index contributed by atoms with van der Waals surface area (Å²) in [7, 11) is 0. The SMILES string of the molecule is [O-][N+]1(c2nc3cc(F)ccc3s2)CN(CCl)CC1O. The summed E-state index contributed by atoms with van der Waals surface area (Å²) < 4.78 is 12.9. The number of aliphatic hydroxyl groups excluding tert-OH is 1. The van der Waals surface area contributed by atoms with Crippen LogP contribution in [0.3, 0.4) is 0 Å². The van der Waals surface area contributed by atoms with E-state index >= 15 is 0 Å². The number of halogens is 2. The number of thiazole rings is 1. The monoisotopic (exact) mass is 303 g/mol. The Morgan fingerprint density at radius 2 is 2.42 bits per heavy atom. The molecular weight excluding hydrogens is 293 g/mol. The summed E-state index contributed by atoms with van der Waals surface area (Å²) in [6.45, 7) is 0.254. The number of nitrogens with zero attached hydrogens (tertiary/aromatic N) is 3. The molecule has 19 heavy (non-hydrogen) atoms. The van der Waals surface area contributed by atoms with E-state index in [2.05, 4.69) is 4.98 Å². The van der Waals surface area contributed by atoms with Gasteiger partial charge in [-0.05, 0) is 12.1 Å². The van der Waals surface area contributed by atoms with Crippen LogP contribution in [-0.4, -0.2) is 40.4 Å². The van der Waals surface area contributed by atoms with Gasteiger partial charge in [0.2, 0.25) is 6.23 Å². The second-order valence-corrected chi connectivity index (χ2v) is 5.75. The number of β-amino-alcohol motifs (C(OH)–C–C–N with tert-alkyl or cyclic N) is 1. The largest absolute Gasteiger partial charge is 0.623 e. The number of rotatable bonds is 2. The lowest BCUT2D eigenvalue weighted by Gasteiger charge is -2.37. The molecule has 0 aliphatic carbocycles. The summed E-state index contributed by atoms with van der Waals surface area (Å²) in [4.78, 5) is 5.80. The van der Waals surface area contributed by atoms with Gasteiger partial charge in [0.1, 0.15) is 12.5 Å². The Kier molecular flexibility index (Phi) is 3.20. The predicted octanol–water partition coefficient (Wildman–Crippen LogP) is 2.03. The van der Waals surface area contributed by atoms with Gasteiger partial charge in [0.15, 0.2) is 0 Å². The van der Waals surface area contributed by atoms with Crippen molar-refractivity contribution >= 4 is 38.3 Å². The first-order valence-corrected chi connectivity index (χ1v) is 7.00. The Bertz CT molecular complexity index is 625. The normalized spacial score (nSPS) is 28.3. The topological polar surface area (TPSA) is 59.4 Å². The van der Waals surface area contributed by atoms with Crippen molar-refractivity contribution in [1.29, 1.82) is 0 Å². The summed E-state index contributed by atoms with van der Waals surface area (Å²) in [6.07, 6.45) is -1.12. The Morgan fingerprint density at radius 3 is 3.11 bits per heavy atom. The van der Waals surface area contributed by atoms with Gasteiger partial charge in [-0.3, -0.25) is 4.65 Å². The van der Waals surface area contributed by atoms with Crippen LogP contribution in [0.25, 0.3) is 10.2 Å². The fourth-order valence-corrected chi connectivity index (χ4v) is 3.33. The molecule has 5 nitrogen and oxygen atoms in total. The molecule has 1 aliphatic heterocycles. The van der Waals surface area contributed by atoms with Gasteiger partial charge < -0.3 is 10.3 Å². The minimum Gasteiger partial charge on any atom is -0.623 e. The van der Waals surface area contributed by atoms with Crippen molar-refractivity contribution in [2.45, 2.75) is 6.23 Å². The van der Waals surface area contributed by atoms with Crippen LogP contribution in [0.15, 0.2) is 18.2 Å². The van der Waals surface area contributed by atoms with Crippen LogP contribution in [0, 0.1) is 11.0 Å². The molecule has 0 radical (unpaired) electrons. The number of aromatic nitrogens is 1. The van der Waals surface area contributed by atoms with Gasteiger partial charge in [-0.15, -0.1) is 11.6 Å². The lowest BCUT2D eigenvalue weighted by atomic mass is 10.3. The fraction of sp³-hybridized carbons (Fsp3) is 0.364. The molecule has 2 atom stereocenters. The molecule has 1 aromatic carbocycles. The van der Waals surface area contributed by atoms with E-state index in [0.29, 0.717) is 5.52 Å². The van der Waals surface area contributed by atoms with Crippen molar-refractivity contribution < 1.29 is 9.50 Å². The molecule has 1 aromatic heterocycles. The van der Waals surface area contributed by atoms with Crippen LogP contribution in [0.1, 0.15) is 0 Å². The van der Waals surface area contributed by atoms with Crippen LogP contribution in [0.5, 0.6) is 0 Å². The third-order valence-corrected chi connectivity index (χ3v) is 4.63. The maximum atomic E-state index is 13.1. The molecule has 0 amide bonds. The molecule has 1 saturated heterocycles. The fourth-order valence-electron chi connectivity index (χ4n) is 2.14. The van der Waals surface area contributed by atoms with Gasteiger partial charge in [0, 0.05) is 6.07 Å². The molecule has 3 rings (SSSR count). The van der Waals surface area contributed by atoms with Crippen LogP contribution < -0.4 is 4.65 Å². The van der Waals surface area contributed by atoms with Crippen LogP contribution in [0.2, 0.25) is 0 Å². The van der Waals surface area contributed by atoms with E-state index in [1.54, 1.807) is 11.0 Å². The maximum absolute atomic E-state index is 13.1. The highest BCUT2D eigenvalue weighted by Crippen LogP contribution is 2.36. The van der Waals surface area contributed by atoms with Crippen molar-refractivity contribution in [2.24, 2.45) is 0 Å². The molecule has 102 valence electrons. The molecule has 2 unspecified atom stereocenters. The minimum absolute atomic E-state index is 0.0486. The van der Waals surface area contributed by atoms with Gasteiger partial charge in [0.05, 0.1) is 22.8 Å². The molecule has 1 N–H and O–H groups in total. The van der Waals surface area contributed by atoms with Crippen molar-refractivity contribution in [3.63, 3.8) is 0 Å². The van der Waals surface area contributed by atoms with Gasteiger partial charge in [-0.25, -0.2) is 9.29 Å². The van der Waals surface area contributed by atoms with E-state index in [1.165, 1.54) is 23.5 Å². The van der Waals surface area contributed by atoms with Gasteiger partial charge >= 0.3 is 0 Å². The highest BCUT2D eigenvalue weighted by Gasteiger charge is 2.42.